The van der Waals surface area contributed by atoms with Gasteiger partial charge in [0.2, 0.25) is 0 Å². The Bertz CT molecular complexity index is 15.6. The van der Waals surface area contributed by atoms with Crippen LogP contribution in [0, 0.1) is 75.7 Å². The predicted octanol–water partition coefficient (Wildman–Crippen LogP) is 6.02. The zero-order chi connectivity index (χ0) is 2.71. The second kappa shape index (κ2) is 347. The van der Waals surface area contributed by atoms with Gasteiger partial charge in [-0.05, 0) is 0 Å². The molecule has 0 saturated carbocycles. The van der Waals surface area contributed by atoms with Crippen LogP contribution in [-0.2, 0) is 39.6 Å². The van der Waals surface area contributed by atoms with E-state index in [1.54, 1.807) is 0 Å². The monoisotopic (exact) mass is 655 g/mol. The Labute approximate surface area is 156 Å². The fourth-order valence-electron chi connectivity index (χ4n) is 0. The third-order valence-corrected chi connectivity index (χ3v) is 0. The summed E-state index contributed by atoms with van der Waals surface area (Å²) in [6.45, 7) is 4.25. The van der Waals surface area contributed by atoms with E-state index in [1.165, 1.54) is 6.42 Å². The second-order valence-electron chi connectivity index (χ2n) is 0.707. The number of rotatable bonds is 0. The molecule has 0 bridgehead atoms. The summed E-state index contributed by atoms with van der Waals surface area (Å²) >= 11 is 0. The molecule has 0 amide bonds. The van der Waals surface area contributed by atoms with Crippen LogP contribution in [0.4, 0.5) is 0 Å². The molecule has 0 aliphatic heterocycles. The maximum absolute atomic E-state index is 2.12. The topological polar surface area (TPSA) is 0 Å². The predicted molar refractivity (Wildman–Crippen MR) is 74.6 cm³/mol. The second-order valence-corrected chi connectivity index (χ2v) is 0.707. The van der Waals surface area contributed by atoms with E-state index in [0.717, 1.165) is 0 Å². The van der Waals surface area contributed by atoms with E-state index >= 15 is 0 Å². The molecule has 0 nitrogen and oxygen atoms in total. The van der Waals surface area contributed by atoms with Crippen molar-refractivity contribution in [3.63, 3.8) is 0 Å². The molecule has 3 heteroatoms. The molecule has 0 fully saturated rings. The van der Waals surface area contributed by atoms with Gasteiger partial charge in [0, 0.05) is 0 Å². The van der Waals surface area contributed by atoms with Gasteiger partial charge in [-0.3, -0.25) is 0 Å². The third kappa shape index (κ3) is 620. The molecule has 0 rings (SSSR count). The average Bonchev–Trinajstić information content (AvgIpc) is 0.918. The van der Waals surface area contributed by atoms with Gasteiger partial charge in [0.1, 0.15) is 0 Å². The molecule has 0 aromatic rings. The van der Waals surface area contributed by atoms with Crippen molar-refractivity contribution in [2.45, 2.75) is 42.5 Å². The summed E-state index contributed by atoms with van der Waals surface area (Å²) in [4.78, 5) is 0. The van der Waals surface area contributed by atoms with Crippen LogP contribution in [0.1, 0.15) is 42.5 Å². The van der Waals surface area contributed by atoms with Crippen molar-refractivity contribution in [2.75, 3.05) is 0 Å². The zero-order valence-corrected chi connectivity index (χ0v) is 18.6. The van der Waals surface area contributed by atoms with Crippen LogP contribution in [0.25, 0.3) is 0 Å². The first-order chi connectivity index (χ1) is 1.41. The SMILES string of the molecule is C.C.C.CCC.[CH3-].[CH3-].[CH3-].[CH3-].[CH3-].[CH3-].[U+2].[V+2].[W+2]. The van der Waals surface area contributed by atoms with E-state index in [1.807, 2.05) is 0 Å². The van der Waals surface area contributed by atoms with Crippen molar-refractivity contribution in [3.05, 3.63) is 44.6 Å². The van der Waals surface area contributed by atoms with Crippen molar-refractivity contribution >= 4 is 0 Å². The molecule has 0 spiro atoms. The van der Waals surface area contributed by atoms with Gasteiger partial charge < -0.3 is 44.6 Å². The summed E-state index contributed by atoms with van der Waals surface area (Å²) in [7, 11) is 0. The minimum Gasteiger partial charge on any atom is -0.358 e. The maximum atomic E-state index is 2.12. The molecule has 0 unspecified atom stereocenters. The first kappa shape index (κ1) is 247. The van der Waals surface area contributed by atoms with E-state index in [2.05, 4.69) is 13.8 Å². The van der Waals surface area contributed by atoms with Gasteiger partial charge >= 0.3 is 70.7 Å². The minimum atomic E-state index is 0. The summed E-state index contributed by atoms with van der Waals surface area (Å²) in [5, 5.41) is 0. The zero-order valence-electron chi connectivity index (χ0n) is 10.1. The van der Waals surface area contributed by atoms with E-state index in [0.29, 0.717) is 0 Å². The smallest absolute Gasteiger partial charge is 0.358 e. The first-order valence-corrected chi connectivity index (χ1v) is 1.41. The van der Waals surface area contributed by atoms with Crippen LogP contribution < -0.4 is 0 Å². The van der Waals surface area contributed by atoms with E-state index in [-0.39, 0.29) is 138 Å². The van der Waals surface area contributed by atoms with Crippen molar-refractivity contribution in [2.24, 2.45) is 0 Å². The van der Waals surface area contributed by atoms with Gasteiger partial charge in [-0.15, -0.1) is 0 Å². The molecule has 101 valence electrons. The Morgan fingerprint density at radius 2 is 0.600 bits per heavy atom. The number of hydrogen-bond acceptors (Lipinski definition) is 0. The Hall–Kier alpha value is 2.32. The standard InChI is InChI=1S/C3H8.3CH4.6CH3.U.V.W/c1-3-2;;;;;;;;;;;;/h3H2,1-2H3;3*1H4;6*1H3;;;/q;;;;6*-1;3*+2. The summed E-state index contributed by atoms with van der Waals surface area (Å²) in [6, 6.07) is 0. The summed E-state index contributed by atoms with van der Waals surface area (Å²) < 4.78 is 0. The van der Waals surface area contributed by atoms with Gasteiger partial charge in [-0.25, -0.2) is 0 Å². The van der Waals surface area contributed by atoms with Gasteiger partial charge in [0.25, 0.3) is 0 Å². The molecule has 0 saturated heterocycles. The fraction of sp³-hybridized carbons (Fsp3) is 0.500. The van der Waals surface area contributed by atoms with Crippen LogP contribution in [0.2, 0.25) is 0 Å². The molecule has 0 aromatic heterocycles. The molecule has 0 N–H and O–H groups in total. The molecule has 0 aromatic carbocycles. The molecule has 0 heterocycles. The first-order valence-electron chi connectivity index (χ1n) is 1.41. The molecule has 15 heavy (non-hydrogen) atoms. The van der Waals surface area contributed by atoms with Crippen LogP contribution in [-0.4, -0.2) is 0 Å². The van der Waals surface area contributed by atoms with Crippen molar-refractivity contribution in [3.8, 4) is 0 Å². The Balaban J connectivity index is -0.000000000303. The molecule has 0 aliphatic rings. The van der Waals surface area contributed by atoms with E-state index in [4.69, 9.17) is 0 Å². The van der Waals surface area contributed by atoms with Gasteiger partial charge in [-0.2, -0.15) is 0 Å². The third-order valence-electron chi connectivity index (χ3n) is 0. The molecular weight excluding hydrogens is 617 g/mol. The average molecular weight is 655 g/mol. The maximum Gasteiger partial charge on any atom is 2.00 e. The molecule has 1 radical (unpaired) electrons. The van der Waals surface area contributed by atoms with Crippen LogP contribution in [0.15, 0.2) is 0 Å². The minimum absolute atomic E-state index is 0. The number of hydrogen-bond donors (Lipinski definition) is 0. The normalized spacial score (nSPS) is 1.20. The Morgan fingerprint density at radius 1 is 0.600 bits per heavy atom. The fourth-order valence-corrected chi connectivity index (χ4v) is 0. The van der Waals surface area contributed by atoms with Gasteiger partial charge in [0.15, 0.2) is 0 Å². The van der Waals surface area contributed by atoms with Gasteiger partial charge in [-0.1, -0.05) is 42.5 Å². The molecule has 0 aliphatic carbocycles. The summed E-state index contributed by atoms with van der Waals surface area (Å²) in [6.07, 6.45) is 1.25. The van der Waals surface area contributed by atoms with E-state index < -0.39 is 0 Å². The van der Waals surface area contributed by atoms with Gasteiger partial charge in [0.05, 0.1) is 0 Å². The van der Waals surface area contributed by atoms with Crippen LogP contribution >= 0.6 is 0 Å². The Morgan fingerprint density at radius 3 is 0.600 bits per heavy atom. The van der Waals surface area contributed by atoms with Crippen LogP contribution in [0.3, 0.4) is 0 Å². The quantitative estimate of drug-likeness (QED) is 0.281. The summed E-state index contributed by atoms with van der Waals surface area (Å²) in [5.41, 5.74) is 0. The van der Waals surface area contributed by atoms with E-state index in [9.17, 15) is 0 Å². The van der Waals surface area contributed by atoms with Crippen molar-refractivity contribution in [1.29, 1.82) is 0 Å². The molecule has 0 atom stereocenters. The van der Waals surface area contributed by atoms with Crippen molar-refractivity contribution < 1.29 is 70.7 Å². The Kier molecular flexibility index (Phi) is 5710. The summed E-state index contributed by atoms with van der Waals surface area (Å²) in [5.74, 6) is 0. The largest absolute Gasteiger partial charge is 2.00 e. The van der Waals surface area contributed by atoms with Crippen molar-refractivity contribution in [1.82, 2.24) is 0 Å². The van der Waals surface area contributed by atoms with Crippen LogP contribution in [0.5, 0.6) is 0 Å². The molecular formula is C12H38UVW.